The van der Waals surface area contributed by atoms with E-state index in [1.165, 1.54) is 17.2 Å². The Balaban J connectivity index is 1.96. The first-order valence-corrected chi connectivity index (χ1v) is 5.48. The highest BCUT2D eigenvalue weighted by Gasteiger charge is 2.12. The smallest absolute Gasteiger partial charge is 0.255 e. The van der Waals surface area contributed by atoms with Crippen LogP contribution in [0.5, 0.6) is 0 Å². The average Bonchev–Trinajstić information content (AvgIpc) is 2.88. The lowest BCUT2D eigenvalue weighted by atomic mass is 10.2. The van der Waals surface area contributed by atoms with Gasteiger partial charge in [-0.15, -0.1) is 0 Å². The first-order valence-electron chi connectivity index (χ1n) is 5.48. The molecule has 18 heavy (non-hydrogen) atoms. The minimum Gasteiger partial charge on any atom is -0.340 e. The van der Waals surface area contributed by atoms with Gasteiger partial charge in [-0.3, -0.25) is 9.78 Å². The van der Waals surface area contributed by atoms with Crippen molar-refractivity contribution >= 4 is 5.91 Å². The summed E-state index contributed by atoms with van der Waals surface area (Å²) >= 11 is 0. The van der Waals surface area contributed by atoms with Gasteiger partial charge in [-0.2, -0.15) is 0 Å². The first-order chi connectivity index (χ1) is 8.66. The highest BCUT2D eigenvalue weighted by Crippen LogP contribution is 2.04. The van der Waals surface area contributed by atoms with E-state index in [-0.39, 0.29) is 11.5 Å². The highest BCUT2D eigenvalue weighted by atomic mass is 19.1. The summed E-state index contributed by atoms with van der Waals surface area (Å²) in [6.07, 6.45) is 7.61. The zero-order chi connectivity index (χ0) is 13.0. The number of hydrogen-bond donors (Lipinski definition) is 0. The van der Waals surface area contributed by atoms with E-state index in [1.807, 2.05) is 10.8 Å². The third-order valence-electron chi connectivity index (χ3n) is 2.55. The van der Waals surface area contributed by atoms with Crippen LogP contribution in [0.1, 0.15) is 10.4 Å². The standard InChI is InChI=1S/C12H13FN4O/c1-16(4-5-17-3-2-14-9-17)12(18)10-6-11(13)8-15-7-10/h2-3,6-9H,4-5H2,1H3. The van der Waals surface area contributed by atoms with Crippen molar-refractivity contribution in [2.45, 2.75) is 6.54 Å². The van der Waals surface area contributed by atoms with Crippen LogP contribution in [0, 0.1) is 5.82 Å². The molecule has 2 aromatic heterocycles. The van der Waals surface area contributed by atoms with Crippen LogP contribution in [0.4, 0.5) is 4.39 Å². The second-order valence-electron chi connectivity index (χ2n) is 3.92. The van der Waals surface area contributed by atoms with Crippen LogP contribution >= 0.6 is 0 Å². The number of imidazole rings is 1. The Kier molecular flexibility index (Phi) is 3.66. The number of halogens is 1. The molecule has 2 heterocycles. The lowest BCUT2D eigenvalue weighted by Gasteiger charge is -2.17. The van der Waals surface area contributed by atoms with Gasteiger partial charge >= 0.3 is 0 Å². The number of aromatic nitrogens is 3. The van der Waals surface area contributed by atoms with E-state index in [2.05, 4.69) is 9.97 Å². The lowest BCUT2D eigenvalue weighted by molar-refractivity contribution is 0.0789. The largest absolute Gasteiger partial charge is 0.340 e. The molecule has 0 fully saturated rings. The summed E-state index contributed by atoms with van der Waals surface area (Å²) in [5.41, 5.74) is 0.253. The van der Waals surface area contributed by atoms with E-state index < -0.39 is 5.82 Å². The van der Waals surface area contributed by atoms with Gasteiger partial charge in [0.15, 0.2) is 0 Å². The van der Waals surface area contributed by atoms with Crippen LogP contribution < -0.4 is 0 Å². The summed E-state index contributed by atoms with van der Waals surface area (Å²) in [5.74, 6) is -0.758. The number of pyridine rings is 1. The van der Waals surface area contributed by atoms with Crippen molar-refractivity contribution in [2.24, 2.45) is 0 Å². The minimum atomic E-state index is -0.510. The van der Waals surface area contributed by atoms with Gasteiger partial charge in [-0.25, -0.2) is 9.37 Å². The normalized spacial score (nSPS) is 10.3. The molecule has 0 N–H and O–H groups in total. The molecule has 0 aliphatic carbocycles. The van der Waals surface area contributed by atoms with Crippen LogP contribution in [0.15, 0.2) is 37.2 Å². The number of hydrogen-bond acceptors (Lipinski definition) is 3. The van der Waals surface area contributed by atoms with E-state index in [1.54, 1.807) is 19.6 Å². The maximum atomic E-state index is 13.0. The van der Waals surface area contributed by atoms with Gasteiger partial charge in [-0.1, -0.05) is 0 Å². The summed E-state index contributed by atoms with van der Waals surface area (Å²) in [7, 11) is 1.67. The molecule has 2 aromatic rings. The second kappa shape index (κ2) is 5.39. The maximum absolute atomic E-state index is 13.0. The Morgan fingerprint density at radius 3 is 2.94 bits per heavy atom. The van der Waals surface area contributed by atoms with E-state index in [0.29, 0.717) is 13.1 Å². The molecule has 0 bridgehead atoms. The molecule has 0 atom stereocenters. The Morgan fingerprint density at radius 1 is 1.44 bits per heavy atom. The van der Waals surface area contributed by atoms with Crippen molar-refractivity contribution in [3.63, 3.8) is 0 Å². The van der Waals surface area contributed by atoms with Crippen LogP contribution in [0.25, 0.3) is 0 Å². The van der Waals surface area contributed by atoms with Crippen molar-refractivity contribution in [1.82, 2.24) is 19.4 Å². The van der Waals surface area contributed by atoms with Crippen molar-refractivity contribution < 1.29 is 9.18 Å². The Morgan fingerprint density at radius 2 is 2.28 bits per heavy atom. The molecular weight excluding hydrogens is 235 g/mol. The number of amides is 1. The van der Waals surface area contributed by atoms with E-state index in [4.69, 9.17) is 0 Å². The molecule has 0 saturated heterocycles. The van der Waals surface area contributed by atoms with Crippen molar-refractivity contribution in [3.05, 3.63) is 48.6 Å². The Bertz CT molecular complexity index is 527. The van der Waals surface area contributed by atoms with Gasteiger partial charge in [0.2, 0.25) is 0 Å². The fourth-order valence-corrected chi connectivity index (χ4v) is 1.54. The Hall–Kier alpha value is -2.24. The topological polar surface area (TPSA) is 51.0 Å². The van der Waals surface area contributed by atoms with E-state index >= 15 is 0 Å². The predicted octanol–water partition coefficient (Wildman–Crippen LogP) is 1.19. The second-order valence-corrected chi connectivity index (χ2v) is 3.92. The van der Waals surface area contributed by atoms with Gasteiger partial charge in [-0.05, 0) is 6.07 Å². The third-order valence-corrected chi connectivity index (χ3v) is 2.55. The van der Waals surface area contributed by atoms with Gasteiger partial charge < -0.3 is 9.47 Å². The number of carbonyl (C=O) groups excluding carboxylic acids is 1. The van der Waals surface area contributed by atoms with Gasteiger partial charge in [0.1, 0.15) is 5.82 Å². The molecule has 1 amide bonds. The molecule has 5 nitrogen and oxygen atoms in total. The fourth-order valence-electron chi connectivity index (χ4n) is 1.54. The quantitative estimate of drug-likeness (QED) is 0.816. The van der Waals surface area contributed by atoms with Gasteiger partial charge in [0.25, 0.3) is 5.91 Å². The molecule has 0 spiro atoms. The molecule has 0 aliphatic rings. The summed E-state index contributed by atoms with van der Waals surface area (Å²) in [6, 6.07) is 1.18. The predicted molar refractivity (Wildman–Crippen MR) is 63.4 cm³/mol. The number of rotatable bonds is 4. The number of likely N-dealkylation sites (N-methyl/N-ethyl adjacent to an activating group) is 1. The van der Waals surface area contributed by atoms with Gasteiger partial charge in [0.05, 0.1) is 18.1 Å². The molecule has 0 aromatic carbocycles. The number of carbonyl (C=O) groups is 1. The van der Waals surface area contributed by atoms with Crippen LogP contribution in [-0.4, -0.2) is 38.9 Å². The average molecular weight is 248 g/mol. The van der Waals surface area contributed by atoms with Crippen molar-refractivity contribution in [3.8, 4) is 0 Å². The zero-order valence-electron chi connectivity index (χ0n) is 9.95. The monoisotopic (exact) mass is 248 g/mol. The van der Waals surface area contributed by atoms with Crippen molar-refractivity contribution in [2.75, 3.05) is 13.6 Å². The van der Waals surface area contributed by atoms with E-state index in [0.717, 1.165) is 6.20 Å². The summed E-state index contributed by atoms with van der Waals surface area (Å²) in [6.45, 7) is 1.16. The lowest BCUT2D eigenvalue weighted by Crippen LogP contribution is -2.30. The third kappa shape index (κ3) is 2.91. The van der Waals surface area contributed by atoms with Crippen molar-refractivity contribution in [1.29, 1.82) is 0 Å². The molecular formula is C12H13FN4O. The zero-order valence-corrected chi connectivity index (χ0v) is 9.95. The molecule has 94 valence electrons. The number of nitrogens with zero attached hydrogens (tertiary/aromatic N) is 4. The van der Waals surface area contributed by atoms with Crippen LogP contribution in [-0.2, 0) is 6.54 Å². The van der Waals surface area contributed by atoms with Crippen LogP contribution in [0.3, 0.4) is 0 Å². The minimum absolute atomic E-state index is 0.248. The molecule has 0 saturated carbocycles. The Labute approximate surface area is 104 Å². The maximum Gasteiger partial charge on any atom is 0.255 e. The summed E-state index contributed by atoms with van der Waals surface area (Å²) in [5, 5.41) is 0. The summed E-state index contributed by atoms with van der Waals surface area (Å²) < 4.78 is 14.8. The summed E-state index contributed by atoms with van der Waals surface area (Å²) in [4.78, 5) is 21.0. The highest BCUT2D eigenvalue weighted by molar-refractivity contribution is 5.93. The molecule has 6 heteroatoms. The van der Waals surface area contributed by atoms with Crippen LogP contribution in [0.2, 0.25) is 0 Å². The molecule has 0 radical (unpaired) electrons. The molecule has 0 unspecified atom stereocenters. The first kappa shape index (κ1) is 12.2. The SMILES string of the molecule is CN(CCn1ccnc1)C(=O)c1cncc(F)c1. The molecule has 2 rings (SSSR count). The molecule has 0 aliphatic heterocycles. The fraction of sp³-hybridized carbons (Fsp3) is 0.250. The van der Waals surface area contributed by atoms with E-state index in [9.17, 15) is 9.18 Å². The van der Waals surface area contributed by atoms with Gasteiger partial charge in [0, 0.05) is 38.7 Å².